The highest BCUT2D eigenvalue weighted by Gasteiger charge is 2.30. The standard InChI is InChI=1S/C19H16ClFN4O2S/c1-11(12-6-8-13(20)9-7-12)24-25-19-23-17(26)10-16(28-19)18(27)22-15-5-3-2-4-14(15)21/h2-9,16H,10H2,1H3,(H,22,27)(H,23,25,26)/b24-11+/t16-/m0/s1. The Morgan fingerprint density at radius 1 is 1.25 bits per heavy atom. The van der Waals surface area contributed by atoms with Crippen molar-refractivity contribution in [2.45, 2.75) is 18.6 Å². The van der Waals surface area contributed by atoms with E-state index in [0.717, 1.165) is 17.3 Å². The number of nitrogens with one attached hydrogen (secondary N) is 2. The zero-order chi connectivity index (χ0) is 20.1. The largest absolute Gasteiger partial charge is 0.323 e. The number of benzene rings is 2. The first-order chi connectivity index (χ1) is 13.4. The van der Waals surface area contributed by atoms with Crippen LogP contribution in [-0.4, -0.2) is 27.9 Å². The number of carbonyl (C=O) groups is 2. The van der Waals surface area contributed by atoms with Gasteiger partial charge in [0.05, 0.1) is 11.4 Å². The first-order valence-electron chi connectivity index (χ1n) is 8.32. The summed E-state index contributed by atoms with van der Waals surface area (Å²) >= 11 is 6.93. The molecular weight excluding hydrogens is 403 g/mol. The van der Waals surface area contributed by atoms with E-state index < -0.39 is 17.0 Å². The summed E-state index contributed by atoms with van der Waals surface area (Å²) in [7, 11) is 0. The molecular formula is C19H16ClFN4O2S. The van der Waals surface area contributed by atoms with Gasteiger partial charge in [0.15, 0.2) is 5.17 Å². The number of hydrogen-bond acceptors (Lipinski definition) is 5. The Morgan fingerprint density at radius 2 is 1.96 bits per heavy atom. The van der Waals surface area contributed by atoms with Crippen LogP contribution in [0.15, 0.2) is 58.7 Å². The number of anilines is 1. The number of halogens is 2. The van der Waals surface area contributed by atoms with Gasteiger partial charge in [0, 0.05) is 11.4 Å². The molecule has 2 N–H and O–H groups in total. The third kappa shape index (κ3) is 5.17. The van der Waals surface area contributed by atoms with E-state index in [9.17, 15) is 14.0 Å². The van der Waals surface area contributed by atoms with E-state index >= 15 is 0 Å². The Morgan fingerprint density at radius 3 is 2.68 bits per heavy atom. The second kappa shape index (κ2) is 8.99. The second-order valence-electron chi connectivity index (χ2n) is 5.93. The van der Waals surface area contributed by atoms with Crippen LogP contribution in [0.2, 0.25) is 5.02 Å². The van der Waals surface area contributed by atoms with E-state index in [1.54, 1.807) is 37.3 Å². The van der Waals surface area contributed by atoms with Gasteiger partial charge >= 0.3 is 0 Å². The SMILES string of the molecule is C/C(=N\N=C1/NC(=O)C[C@@H](C(=O)Nc2ccccc2F)S1)c1ccc(Cl)cc1. The van der Waals surface area contributed by atoms with Gasteiger partial charge in [-0.15, -0.1) is 5.10 Å². The molecule has 0 bridgehead atoms. The molecule has 0 aromatic heterocycles. The summed E-state index contributed by atoms with van der Waals surface area (Å²) in [5, 5.41) is 13.3. The zero-order valence-electron chi connectivity index (χ0n) is 14.8. The molecule has 6 nitrogen and oxygen atoms in total. The maximum absolute atomic E-state index is 13.7. The lowest BCUT2D eigenvalue weighted by Gasteiger charge is -2.21. The van der Waals surface area contributed by atoms with Crippen LogP contribution in [0.3, 0.4) is 0 Å². The highest BCUT2D eigenvalue weighted by atomic mass is 35.5. The molecule has 0 spiro atoms. The van der Waals surface area contributed by atoms with Crippen molar-refractivity contribution in [3.8, 4) is 0 Å². The average Bonchev–Trinajstić information content (AvgIpc) is 2.68. The number of carbonyl (C=O) groups excluding carboxylic acids is 2. The molecule has 9 heteroatoms. The molecule has 0 radical (unpaired) electrons. The van der Waals surface area contributed by atoms with Crippen LogP contribution < -0.4 is 10.6 Å². The van der Waals surface area contributed by atoms with Gasteiger partial charge in [0.2, 0.25) is 11.8 Å². The highest BCUT2D eigenvalue weighted by molar-refractivity contribution is 8.15. The Hall–Kier alpha value is -2.71. The fourth-order valence-electron chi connectivity index (χ4n) is 2.38. The third-order valence-corrected chi connectivity index (χ3v) is 5.17. The van der Waals surface area contributed by atoms with Crippen LogP contribution in [-0.2, 0) is 9.59 Å². The Bertz CT molecular complexity index is 963. The monoisotopic (exact) mass is 418 g/mol. The maximum atomic E-state index is 13.7. The Kier molecular flexibility index (Phi) is 6.43. The fraction of sp³-hybridized carbons (Fsp3) is 0.158. The molecule has 144 valence electrons. The summed E-state index contributed by atoms with van der Waals surface area (Å²) in [5.41, 5.74) is 1.51. The van der Waals surface area contributed by atoms with E-state index in [1.807, 2.05) is 0 Å². The summed E-state index contributed by atoms with van der Waals surface area (Å²) in [6, 6.07) is 12.9. The Balaban J connectivity index is 1.71. The van der Waals surface area contributed by atoms with Crippen molar-refractivity contribution in [2.75, 3.05) is 5.32 Å². The minimum atomic E-state index is -0.738. The molecule has 0 unspecified atom stereocenters. The number of thioether (sulfide) groups is 1. The van der Waals surface area contributed by atoms with Crippen molar-refractivity contribution >= 4 is 51.7 Å². The van der Waals surface area contributed by atoms with Gasteiger partial charge in [-0.3, -0.25) is 9.59 Å². The molecule has 0 saturated carbocycles. The molecule has 28 heavy (non-hydrogen) atoms. The van der Waals surface area contributed by atoms with Gasteiger partial charge in [0.25, 0.3) is 0 Å². The Labute approximate surface area is 170 Å². The predicted octanol–water partition coefficient (Wildman–Crippen LogP) is 3.82. The summed E-state index contributed by atoms with van der Waals surface area (Å²) in [4.78, 5) is 24.4. The molecule has 1 aliphatic heterocycles. The molecule has 2 amide bonds. The minimum Gasteiger partial charge on any atom is -0.323 e. The number of hydrogen-bond donors (Lipinski definition) is 2. The lowest BCUT2D eigenvalue weighted by molar-refractivity contribution is -0.123. The summed E-state index contributed by atoms with van der Waals surface area (Å²) in [6.45, 7) is 1.77. The van der Waals surface area contributed by atoms with Crippen LogP contribution in [0.5, 0.6) is 0 Å². The fourth-order valence-corrected chi connectivity index (χ4v) is 3.44. The summed E-state index contributed by atoms with van der Waals surface area (Å²) < 4.78 is 13.7. The lowest BCUT2D eigenvalue weighted by atomic mass is 10.1. The lowest BCUT2D eigenvalue weighted by Crippen LogP contribution is -2.42. The molecule has 1 aliphatic rings. The predicted molar refractivity (Wildman–Crippen MR) is 110 cm³/mol. The van der Waals surface area contributed by atoms with E-state index in [2.05, 4.69) is 20.8 Å². The number of amidine groups is 1. The molecule has 2 aromatic carbocycles. The van der Waals surface area contributed by atoms with Gasteiger partial charge in [-0.05, 0) is 36.8 Å². The molecule has 1 atom stereocenters. The van der Waals surface area contributed by atoms with Crippen molar-refractivity contribution in [3.05, 3.63) is 64.9 Å². The first-order valence-corrected chi connectivity index (χ1v) is 9.58. The third-order valence-electron chi connectivity index (χ3n) is 3.85. The molecule has 1 fully saturated rings. The molecule has 2 aromatic rings. The van der Waals surface area contributed by atoms with E-state index in [4.69, 9.17) is 11.6 Å². The van der Waals surface area contributed by atoms with Crippen molar-refractivity contribution in [3.63, 3.8) is 0 Å². The van der Waals surface area contributed by atoms with E-state index in [-0.39, 0.29) is 23.2 Å². The summed E-state index contributed by atoms with van der Waals surface area (Å²) in [6.07, 6.45) is -0.0378. The number of nitrogens with zero attached hydrogens (tertiary/aromatic N) is 2. The molecule has 1 heterocycles. The van der Waals surface area contributed by atoms with Crippen molar-refractivity contribution in [1.29, 1.82) is 0 Å². The quantitative estimate of drug-likeness (QED) is 0.585. The van der Waals surface area contributed by atoms with Crippen molar-refractivity contribution < 1.29 is 14.0 Å². The molecule has 1 saturated heterocycles. The van der Waals surface area contributed by atoms with Crippen LogP contribution in [0.4, 0.5) is 10.1 Å². The maximum Gasteiger partial charge on any atom is 0.238 e. The number of amides is 2. The van der Waals surface area contributed by atoms with Gasteiger partial charge in [-0.2, -0.15) is 5.10 Å². The van der Waals surface area contributed by atoms with Gasteiger partial charge in [-0.1, -0.05) is 47.6 Å². The van der Waals surface area contributed by atoms with Crippen molar-refractivity contribution in [1.82, 2.24) is 5.32 Å². The van der Waals surface area contributed by atoms with Gasteiger partial charge < -0.3 is 10.6 Å². The number of para-hydroxylation sites is 1. The number of rotatable bonds is 4. The minimum absolute atomic E-state index is 0.0378. The second-order valence-corrected chi connectivity index (χ2v) is 7.55. The zero-order valence-corrected chi connectivity index (χ0v) is 16.4. The highest BCUT2D eigenvalue weighted by Crippen LogP contribution is 2.23. The van der Waals surface area contributed by atoms with Crippen LogP contribution in [0.1, 0.15) is 18.9 Å². The van der Waals surface area contributed by atoms with Crippen LogP contribution in [0.25, 0.3) is 0 Å². The van der Waals surface area contributed by atoms with Gasteiger partial charge in [0.1, 0.15) is 11.1 Å². The normalized spacial score (nSPS) is 18.7. The molecule has 0 aliphatic carbocycles. The summed E-state index contributed by atoms with van der Waals surface area (Å²) in [5.74, 6) is -1.38. The molecule has 3 rings (SSSR count). The van der Waals surface area contributed by atoms with E-state index in [0.29, 0.717) is 10.7 Å². The van der Waals surface area contributed by atoms with Crippen LogP contribution in [0, 0.1) is 5.82 Å². The topological polar surface area (TPSA) is 82.9 Å². The van der Waals surface area contributed by atoms with Crippen molar-refractivity contribution in [2.24, 2.45) is 10.2 Å². The van der Waals surface area contributed by atoms with Gasteiger partial charge in [-0.25, -0.2) is 4.39 Å². The van der Waals surface area contributed by atoms with E-state index in [1.165, 1.54) is 18.2 Å². The van der Waals surface area contributed by atoms with Crippen LogP contribution >= 0.6 is 23.4 Å². The first kappa shape index (κ1) is 20.0. The average molecular weight is 419 g/mol. The smallest absolute Gasteiger partial charge is 0.238 e.